The molecule has 0 fully saturated rings. The summed E-state index contributed by atoms with van der Waals surface area (Å²) in [6.45, 7) is 4.12. The first-order valence-electron chi connectivity index (χ1n) is 6.12. The van der Waals surface area contributed by atoms with Crippen molar-refractivity contribution in [3.8, 4) is 16.9 Å². The van der Waals surface area contributed by atoms with Gasteiger partial charge >= 0.3 is 5.97 Å². The number of ether oxygens (including phenoxy) is 1. The molecule has 0 saturated carbocycles. The molecule has 20 heavy (non-hydrogen) atoms. The lowest BCUT2D eigenvalue weighted by Gasteiger charge is -2.12. The number of carboxylic acid groups (broad SMARTS) is 1. The highest BCUT2D eigenvalue weighted by atomic mass is 16.5. The van der Waals surface area contributed by atoms with E-state index in [1.54, 1.807) is 6.07 Å². The van der Waals surface area contributed by atoms with E-state index < -0.39 is 5.97 Å². The second-order valence-corrected chi connectivity index (χ2v) is 4.69. The van der Waals surface area contributed by atoms with Crippen LogP contribution in [0.25, 0.3) is 11.1 Å². The fourth-order valence-corrected chi connectivity index (χ4v) is 1.98. The van der Waals surface area contributed by atoms with Crippen LogP contribution in [-0.2, 0) is 0 Å². The first-order valence-corrected chi connectivity index (χ1v) is 6.12. The van der Waals surface area contributed by atoms with Gasteiger partial charge in [-0.15, -0.1) is 0 Å². The highest BCUT2D eigenvalue weighted by Crippen LogP contribution is 2.38. The highest BCUT2D eigenvalue weighted by molar-refractivity contribution is 5.98. The van der Waals surface area contributed by atoms with E-state index in [0.29, 0.717) is 17.2 Å². The molecular formula is C14H16N2O4. The minimum atomic E-state index is -1.20. The SMILES string of the molecule is COc1cc(C(C)C)ccc1-c1c(C(=O)O)noc1N. The quantitative estimate of drug-likeness (QED) is 0.890. The van der Waals surface area contributed by atoms with Gasteiger partial charge in [0.1, 0.15) is 5.75 Å². The topological polar surface area (TPSA) is 98.6 Å². The molecule has 0 saturated heterocycles. The predicted molar refractivity (Wildman–Crippen MR) is 74.0 cm³/mol. The maximum absolute atomic E-state index is 11.2. The van der Waals surface area contributed by atoms with E-state index in [0.717, 1.165) is 5.56 Å². The van der Waals surface area contributed by atoms with Gasteiger partial charge in [-0.25, -0.2) is 4.79 Å². The van der Waals surface area contributed by atoms with E-state index in [4.69, 9.17) is 20.1 Å². The molecule has 6 nitrogen and oxygen atoms in total. The summed E-state index contributed by atoms with van der Waals surface area (Å²) in [6, 6.07) is 5.53. The molecule has 106 valence electrons. The van der Waals surface area contributed by atoms with Gasteiger partial charge in [-0.3, -0.25) is 0 Å². The largest absolute Gasteiger partial charge is 0.496 e. The molecule has 0 amide bonds. The zero-order chi connectivity index (χ0) is 14.9. The molecule has 1 aromatic carbocycles. The zero-order valence-electron chi connectivity index (χ0n) is 11.5. The summed E-state index contributed by atoms with van der Waals surface area (Å²) in [5.41, 5.74) is 7.33. The van der Waals surface area contributed by atoms with Crippen molar-refractivity contribution in [2.24, 2.45) is 0 Å². The van der Waals surface area contributed by atoms with E-state index in [2.05, 4.69) is 19.0 Å². The predicted octanol–water partition coefficient (Wildman–Crippen LogP) is 2.75. The molecule has 3 N–H and O–H groups in total. The fraction of sp³-hybridized carbons (Fsp3) is 0.286. The molecule has 6 heteroatoms. The van der Waals surface area contributed by atoms with Crippen molar-refractivity contribution in [3.63, 3.8) is 0 Å². The molecule has 0 spiro atoms. The third-order valence-corrected chi connectivity index (χ3v) is 3.08. The van der Waals surface area contributed by atoms with E-state index in [1.807, 2.05) is 12.1 Å². The molecule has 1 aromatic heterocycles. The number of anilines is 1. The smallest absolute Gasteiger partial charge is 0.358 e. The summed E-state index contributed by atoms with van der Waals surface area (Å²) < 4.78 is 10.1. The molecule has 0 aliphatic carbocycles. The van der Waals surface area contributed by atoms with Crippen LogP contribution < -0.4 is 10.5 Å². The number of aromatic carboxylic acids is 1. The minimum Gasteiger partial charge on any atom is -0.496 e. The van der Waals surface area contributed by atoms with Crippen molar-refractivity contribution >= 4 is 11.9 Å². The molecule has 2 rings (SSSR count). The summed E-state index contributed by atoms with van der Waals surface area (Å²) in [5.74, 6) is -0.376. The average Bonchev–Trinajstić information content (AvgIpc) is 2.79. The van der Waals surface area contributed by atoms with Crippen LogP contribution in [0.4, 0.5) is 5.88 Å². The normalized spacial score (nSPS) is 10.8. The number of carbonyl (C=O) groups is 1. The molecule has 0 radical (unpaired) electrons. The van der Waals surface area contributed by atoms with E-state index in [9.17, 15) is 4.79 Å². The summed E-state index contributed by atoms with van der Waals surface area (Å²) >= 11 is 0. The van der Waals surface area contributed by atoms with E-state index in [1.165, 1.54) is 7.11 Å². The van der Waals surface area contributed by atoms with E-state index in [-0.39, 0.29) is 17.1 Å². The maximum Gasteiger partial charge on any atom is 0.358 e. The Balaban J connectivity index is 2.64. The number of rotatable bonds is 4. The Bertz CT molecular complexity index is 647. The van der Waals surface area contributed by atoms with Crippen LogP contribution in [0.15, 0.2) is 22.7 Å². The van der Waals surface area contributed by atoms with Crippen molar-refractivity contribution < 1.29 is 19.2 Å². The van der Waals surface area contributed by atoms with Gasteiger partial charge in [0.05, 0.1) is 12.7 Å². The molecule has 0 atom stereocenters. The summed E-state index contributed by atoms with van der Waals surface area (Å²) in [7, 11) is 1.52. The summed E-state index contributed by atoms with van der Waals surface area (Å²) in [4.78, 5) is 11.2. The first kappa shape index (κ1) is 13.9. The Labute approximate surface area is 116 Å². The second kappa shape index (κ2) is 5.24. The number of aromatic nitrogens is 1. The number of carboxylic acids is 1. The van der Waals surface area contributed by atoms with Crippen LogP contribution in [0.1, 0.15) is 35.8 Å². The molecule has 0 bridgehead atoms. The molecule has 2 aromatic rings. The van der Waals surface area contributed by atoms with Crippen LogP contribution in [0.5, 0.6) is 5.75 Å². The number of nitrogens with zero attached hydrogens (tertiary/aromatic N) is 1. The second-order valence-electron chi connectivity index (χ2n) is 4.69. The van der Waals surface area contributed by atoms with Crippen molar-refractivity contribution in [2.75, 3.05) is 12.8 Å². The van der Waals surface area contributed by atoms with Gasteiger partial charge in [0, 0.05) is 5.56 Å². The van der Waals surface area contributed by atoms with Gasteiger partial charge in [0.2, 0.25) is 11.6 Å². The molecular weight excluding hydrogens is 260 g/mol. The van der Waals surface area contributed by atoms with Crippen molar-refractivity contribution in [1.29, 1.82) is 0 Å². The van der Waals surface area contributed by atoms with Gasteiger partial charge in [0.25, 0.3) is 0 Å². The maximum atomic E-state index is 11.2. The third kappa shape index (κ3) is 2.32. The van der Waals surface area contributed by atoms with Crippen LogP contribution >= 0.6 is 0 Å². The third-order valence-electron chi connectivity index (χ3n) is 3.08. The van der Waals surface area contributed by atoms with Gasteiger partial charge in [-0.1, -0.05) is 31.1 Å². The Hall–Kier alpha value is -2.50. The van der Waals surface area contributed by atoms with Crippen LogP contribution in [0.3, 0.4) is 0 Å². The van der Waals surface area contributed by atoms with Gasteiger partial charge in [-0.2, -0.15) is 0 Å². The fourth-order valence-electron chi connectivity index (χ4n) is 1.98. The van der Waals surface area contributed by atoms with Crippen molar-refractivity contribution in [2.45, 2.75) is 19.8 Å². The summed E-state index contributed by atoms with van der Waals surface area (Å²) in [5, 5.41) is 12.6. The standard InChI is InChI=1S/C14H16N2O4/c1-7(2)8-4-5-9(10(6-8)19-3)11-12(14(17)18)16-20-13(11)15/h4-7H,15H2,1-3H3,(H,17,18). The molecule has 0 aliphatic heterocycles. The van der Waals surface area contributed by atoms with Crippen LogP contribution in [0.2, 0.25) is 0 Å². The number of nitrogen functional groups attached to an aromatic ring is 1. The Morgan fingerprint density at radius 1 is 1.45 bits per heavy atom. The monoisotopic (exact) mass is 276 g/mol. The minimum absolute atomic E-state index is 0.0435. The van der Waals surface area contributed by atoms with Gasteiger partial charge in [-0.05, 0) is 17.5 Å². The lowest BCUT2D eigenvalue weighted by atomic mass is 9.97. The van der Waals surface area contributed by atoms with Gasteiger partial charge in [0.15, 0.2) is 0 Å². The Kier molecular flexibility index (Phi) is 3.65. The number of hydrogen-bond donors (Lipinski definition) is 2. The average molecular weight is 276 g/mol. The van der Waals surface area contributed by atoms with E-state index >= 15 is 0 Å². The highest BCUT2D eigenvalue weighted by Gasteiger charge is 2.24. The number of nitrogens with two attached hydrogens (primary N) is 1. The lowest BCUT2D eigenvalue weighted by Crippen LogP contribution is -2.01. The van der Waals surface area contributed by atoms with Gasteiger partial charge < -0.3 is 20.1 Å². The Morgan fingerprint density at radius 3 is 2.70 bits per heavy atom. The summed E-state index contributed by atoms with van der Waals surface area (Å²) in [6.07, 6.45) is 0. The number of hydrogen-bond acceptors (Lipinski definition) is 5. The lowest BCUT2D eigenvalue weighted by molar-refractivity contribution is 0.0686. The van der Waals surface area contributed by atoms with Crippen LogP contribution in [0, 0.1) is 0 Å². The Morgan fingerprint density at radius 2 is 2.15 bits per heavy atom. The molecule has 1 heterocycles. The zero-order valence-corrected chi connectivity index (χ0v) is 11.5. The van der Waals surface area contributed by atoms with Crippen molar-refractivity contribution in [3.05, 3.63) is 29.5 Å². The first-order chi connectivity index (χ1) is 9.45. The van der Waals surface area contributed by atoms with Crippen LogP contribution in [-0.4, -0.2) is 23.3 Å². The molecule has 0 unspecified atom stereocenters. The molecule has 0 aliphatic rings. The number of benzene rings is 1. The van der Waals surface area contributed by atoms with Crippen molar-refractivity contribution in [1.82, 2.24) is 5.16 Å². The number of methoxy groups -OCH3 is 1.